The summed E-state index contributed by atoms with van der Waals surface area (Å²) in [5, 5.41) is 2.87. The van der Waals surface area contributed by atoms with Crippen molar-refractivity contribution in [1.29, 1.82) is 0 Å². The van der Waals surface area contributed by atoms with Crippen molar-refractivity contribution in [3.05, 3.63) is 58.1 Å². The highest BCUT2D eigenvalue weighted by Gasteiger charge is 2.41. The van der Waals surface area contributed by atoms with Crippen LogP contribution in [0.2, 0.25) is 0 Å². The summed E-state index contributed by atoms with van der Waals surface area (Å²) < 4.78 is 17.8. The van der Waals surface area contributed by atoms with Crippen molar-refractivity contribution in [1.82, 2.24) is 5.32 Å². The summed E-state index contributed by atoms with van der Waals surface area (Å²) in [4.78, 5) is 25.8. The van der Waals surface area contributed by atoms with Crippen LogP contribution in [0.15, 0.2) is 46.9 Å². The van der Waals surface area contributed by atoms with E-state index in [9.17, 15) is 9.59 Å². The molecule has 152 valence electrons. The molecule has 0 aromatic heterocycles. The molecule has 0 bridgehead atoms. The van der Waals surface area contributed by atoms with Crippen LogP contribution in [0.4, 0.5) is 4.79 Å². The summed E-state index contributed by atoms with van der Waals surface area (Å²) in [7, 11) is 1.57. The topological polar surface area (TPSA) is 73.9 Å². The third kappa shape index (κ3) is 4.24. The normalized spacial score (nSPS) is 21.2. The van der Waals surface area contributed by atoms with Crippen molar-refractivity contribution in [3.63, 3.8) is 0 Å². The molecule has 1 aliphatic heterocycles. The molecule has 1 heterocycles. The van der Waals surface area contributed by atoms with E-state index in [0.29, 0.717) is 22.6 Å². The Hall–Kier alpha value is -2.54. The first-order chi connectivity index (χ1) is 14.0. The lowest BCUT2D eigenvalue weighted by atomic mass is 9.93. The number of alkyl carbamates (subject to hydrolysis) is 1. The van der Waals surface area contributed by atoms with Gasteiger partial charge in [-0.3, -0.25) is 4.79 Å². The third-order valence-corrected chi connectivity index (χ3v) is 5.82. The molecule has 1 N–H and O–H groups in total. The number of fused-ring (bicyclic) bond motifs is 1. The summed E-state index contributed by atoms with van der Waals surface area (Å²) in [6.45, 7) is 0. The Balaban J connectivity index is 1.64. The van der Waals surface area contributed by atoms with E-state index in [1.165, 1.54) is 0 Å². The van der Waals surface area contributed by atoms with Crippen molar-refractivity contribution < 1.29 is 23.8 Å². The number of halogens is 1. The predicted octanol–water partition coefficient (Wildman–Crippen LogP) is 4.81. The maximum absolute atomic E-state index is 13.2. The Bertz CT molecular complexity index is 925. The number of hydrogen-bond acceptors (Lipinski definition) is 5. The summed E-state index contributed by atoms with van der Waals surface area (Å²) in [5.41, 5.74) is 1.09. The quantitative estimate of drug-likeness (QED) is 0.709. The summed E-state index contributed by atoms with van der Waals surface area (Å²) in [5.74, 6) is 0.804. The summed E-state index contributed by atoms with van der Waals surface area (Å²) >= 11 is 3.38. The van der Waals surface area contributed by atoms with Gasteiger partial charge in [0.1, 0.15) is 11.5 Å². The lowest BCUT2D eigenvalue weighted by Crippen LogP contribution is -2.43. The zero-order valence-electron chi connectivity index (χ0n) is 16.0. The van der Waals surface area contributed by atoms with Gasteiger partial charge in [-0.1, -0.05) is 40.9 Å². The van der Waals surface area contributed by atoms with Gasteiger partial charge in [0, 0.05) is 16.1 Å². The van der Waals surface area contributed by atoms with E-state index in [0.717, 1.165) is 30.2 Å². The third-order valence-electron chi connectivity index (χ3n) is 5.33. The van der Waals surface area contributed by atoms with Crippen molar-refractivity contribution >= 4 is 27.8 Å². The number of rotatable bonds is 4. The molecule has 0 saturated heterocycles. The molecular formula is C22H22BrNO5. The van der Waals surface area contributed by atoms with Crippen LogP contribution in [0.3, 0.4) is 0 Å². The molecular weight excluding hydrogens is 438 g/mol. The fourth-order valence-corrected chi connectivity index (χ4v) is 4.21. The molecule has 0 spiro atoms. The molecule has 29 heavy (non-hydrogen) atoms. The highest BCUT2D eigenvalue weighted by molar-refractivity contribution is 9.10. The molecule has 7 heteroatoms. The first-order valence-electron chi connectivity index (χ1n) is 9.66. The van der Waals surface area contributed by atoms with E-state index in [2.05, 4.69) is 21.2 Å². The Morgan fingerprint density at radius 1 is 1.17 bits per heavy atom. The Morgan fingerprint density at radius 3 is 2.72 bits per heavy atom. The highest BCUT2D eigenvalue weighted by atomic mass is 79.9. The maximum Gasteiger partial charge on any atom is 0.408 e. The minimum absolute atomic E-state index is 0.0961. The maximum atomic E-state index is 13.2. The molecule has 4 rings (SSSR count). The van der Waals surface area contributed by atoms with Crippen LogP contribution in [0, 0.1) is 0 Å². The van der Waals surface area contributed by atoms with E-state index in [4.69, 9.17) is 14.2 Å². The SMILES string of the molecule is COc1cccc([C@@H]2Oc3ccc(Br)cc3C(=O)[C@H]2OC(=O)NC2CCCC2)c1. The number of ether oxygens (including phenoxy) is 3. The van der Waals surface area contributed by atoms with E-state index >= 15 is 0 Å². The number of amides is 1. The van der Waals surface area contributed by atoms with Crippen LogP contribution in [0.25, 0.3) is 0 Å². The molecule has 2 aliphatic rings. The Kier molecular flexibility index (Phi) is 5.76. The van der Waals surface area contributed by atoms with Gasteiger partial charge in [0.2, 0.25) is 11.9 Å². The van der Waals surface area contributed by atoms with Crippen LogP contribution in [0.1, 0.15) is 47.7 Å². The molecule has 0 unspecified atom stereocenters. The minimum Gasteiger partial charge on any atom is -0.497 e. The molecule has 1 aliphatic carbocycles. The highest BCUT2D eigenvalue weighted by Crippen LogP contribution is 2.38. The van der Waals surface area contributed by atoms with Crippen molar-refractivity contribution in [2.75, 3.05) is 7.11 Å². The number of carbonyl (C=O) groups excluding carboxylic acids is 2. The van der Waals surface area contributed by atoms with Crippen molar-refractivity contribution in [3.8, 4) is 11.5 Å². The first kappa shape index (κ1) is 19.8. The number of nitrogens with one attached hydrogen (secondary N) is 1. The van der Waals surface area contributed by atoms with E-state index in [1.807, 2.05) is 24.3 Å². The molecule has 6 nitrogen and oxygen atoms in total. The first-order valence-corrected chi connectivity index (χ1v) is 10.5. The second-order valence-corrected chi connectivity index (χ2v) is 8.19. The van der Waals surface area contributed by atoms with Crippen LogP contribution >= 0.6 is 15.9 Å². The lowest BCUT2D eigenvalue weighted by Gasteiger charge is -2.32. The number of hydrogen-bond donors (Lipinski definition) is 1. The second-order valence-electron chi connectivity index (χ2n) is 7.27. The fourth-order valence-electron chi connectivity index (χ4n) is 3.85. The van der Waals surface area contributed by atoms with E-state index in [-0.39, 0.29) is 11.8 Å². The fraction of sp³-hybridized carbons (Fsp3) is 0.364. The number of benzene rings is 2. The van der Waals surface area contributed by atoms with Gasteiger partial charge in [0.15, 0.2) is 6.10 Å². The van der Waals surface area contributed by atoms with Gasteiger partial charge in [0.05, 0.1) is 12.7 Å². The molecule has 0 radical (unpaired) electrons. The number of Topliss-reactive ketones (excluding diaryl/α,β-unsaturated/α-hetero) is 1. The summed E-state index contributed by atoms with van der Waals surface area (Å²) in [6.07, 6.45) is 1.59. The largest absolute Gasteiger partial charge is 0.497 e. The standard InChI is InChI=1S/C22H22BrNO5/c1-27-16-8-4-5-13(11-16)20-21(29-22(26)24-15-6-2-3-7-15)19(25)17-12-14(23)9-10-18(17)28-20/h4-5,8-12,15,20-21H,2-3,6-7H2,1H3,(H,24,26)/t20-,21+/m0/s1. The predicted molar refractivity (Wildman–Crippen MR) is 110 cm³/mol. The average Bonchev–Trinajstić information content (AvgIpc) is 3.23. The Labute approximate surface area is 177 Å². The van der Waals surface area contributed by atoms with Crippen LogP contribution in [-0.4, -0.2) is 31.1 Å². The van der Waals surface area contributed by atoms with Gasteiger partial charge >= 0.3 is 6.09 Å². The molecule has 2 aromatic carbocycles. The van der Waals surface area contributed by atoms with Crippen LogP contribution < -0.4 is 14.8 Å². The van der Waals surface area contributed by atoms with Crippen molar-refractivity contribution in [2.45, 2.75) is 43.9 Å². The van der Waals surface area contributed by atoms with Crippen LogP contribution in [0.5, 0.6) is 11.5 Å². The van der Waals surface area contributed by atoms with Gasteiger partial charge in [-0.25, -0.2) is 4.79 Å². The van der Waals surface area contributed by atoms with Crippen LogP contribution in [-0.2, 0) is 4.74 Å². The number of carbonyl (C=O) groups is 2. The Morgan fingerprint density at radius 2 is 1.97 bits per heavy atom. The number of ketones is 1. The monoisotopic (exact) mass is 459 g/mol. The van der Waals surface area contributed by atoms with Gasteiger partial charge in [0.25, 0.3) is 0 Å². The van der Waals surface area contributed by atoms with Gasteiger partial charge in [-0.2, -0.15) is 0 Å². The molecule has 2 atom stereocenters. The second kappa shape index (κ2) is 8.45. The number of methoxy groups -OCH3 is 1. The van der Waals surface area contributed by atoms with E-state index in [1.54, 1.807) is 25.3 Å². The zero-order valence-corrected chi connectivity index (χ0v) is 17.6. The molecule has 1 saturated carbocycles. The minimum atomic E-state index is -1.09. The average molecular weight is 460 g/mol. The van der Waals surface area contributed by atoms with Gasteiger partial charge < -0.3 is 19.5 Å². The summed E-state index contributed by atoms with van der Waals surface area (Å²) in [6, 6.07) is 12.6. The lowest BCUT2D eigenvalue weighted by molar-refractivity contribution is 0.00823. The van der Waals surface area contributed by atoms with E-state index < -0.39 is 18.3 Å². The molecule has 1 amide bonds. The van der Waals surface area contributed by atoms with Crippen molar-refractivity contribution in [2.24, 2.45) is 0 Å². The molecule has 2 aromatic rings. The zero-order chi connectivity index (χ0) is 20.4. The molecule has 1 fully saturated rings. The van der Waals surface area contributed by atoms with Gasteiger partial charge in [-0.05, 0) is 43.2 Å². The van der Waals surface area contributed by atoms with Gasteiger partial charge in [-0.15, -0.1) is 0 Å². The smallest absolute Gasteiger partial charge is 0.408 e.